The lowest BCUT2D eigenvalue weighted by atomic mass is 10.1. The van der Waals surface area contributed by atoms with Gasteiger partial charge in [0, 0.05) is 37.9 Å². The second-order valence-corrected chi connectivity index (χ2v) is 7.29. The standard InChI is InChI=1S/C17H29N5O/c1-12(2)21-10-13(3)16(11-21)19-17(23)15-6-8-22(20-15)14-5-4-7-18-9-14/h6,8,12-14,16,18H,4-5,7,9-11H2,1-3H3,(H,19,23). The van der Waals surface area contributed by atoms with E-state index in [1.165, 1.54) is 0 Å². The topological polar surface area (TPSA) is 62.2 Å². The molecule has 1 amide bonds. The zero-order valence-electron chi connectivity index (χ0n) is 14.5. The van der Waals surface area contributed by atoms with Crippen LogP contribution in [-0.4, -0.2) is 58.9 Å². The molecule has 3 unspecified atom stereocenters. The van der Waals surface area contributed by atoms with Gasteiger partial charge >= 0.3 is 0 Å². The summed E-state index contributed by atoms with van der Waals surface area (Å²) in [5, 5.41) is 11.1. The molecule has 1 aromatic rings. The third-order valence-corrected chi connectivity index (χ3v) is 5.17. The molecule has 0 aromatic carbocycles. The van der Waals surface area contributed by atoms with Crippen LogP contribution >= 0.6 is 0 Å². The van der Waals surface area contributed by atoms with Crippen LogP contribution in [0, 0.1) is 5.92 Å². The van der Waals surface area contributed by atoms with Crippen LogP contribution in [-0.2, 0) is 0 Å². The maximum Gasteiger partial charge on any atom is 0.272 e. The van der Waals surface area contributed by atoms with Crippen LogP contribution < -0.4 is 10.6 Å². The Morgan fingerprint density at radius 1 is 1.43 bits per heavy atom. The summed E-state index contributed by atoms with van der Waals surface area (Å²) in [4.78, 5) is 14.9. The van der Waals surface area contributed by atoms with E-state index in [0.29, 0.717) is 23.7 Å². The Kier molecular flexibility index (Phi) is 5.02. The number of hydrogen-bond acceptors (Lipinski definition) is 4. The van der Waals surface area contributed by atoms with E-state index >= 15 is 0 Å². The van der Waals surface area contributed by atoms with Gasteiger partial charge in [-0.3, -0.25) is 14.4 Å². The van der Waals surface area contributed by atoms with Crippen LogP contribution in [0.4, 0.5) is 0 Å². The summed E-state index contributed by atoms with van der Waals surface area (Å²) >= 11 is 0. The SMILES string of the molecule is CC1CN(C(C)C)CC1NC(=O)c1ccn(C2CCCNC2)n1. The average Bonchev–Trinajstić information content (AvgIpc) is 3.16. The Labute approximate surface area is 138 Å². The third kappa shape index (κ3) is 3.75. The van der Waals surface area contributed by atoms with Crippen molar-refractivity contribution < 1.29 is 4.79 Å². The van der Waals surface area contributed by atoms with Gasteiger partial charge in [-0.2, -0.15) is 5.10 Å². The number of amides is 1. The normalized spacial score (nSPS) is 29.1. The van der Waals surface area contributed by atoms with Gasteiger partial charge in [0.05, 0.1) is 6.04 Å². The highest BCUT2D eigenvalue weighted by atomic mass is 16.2. The predicted octanol–water partition coefficient (Wildman–Crippen LogP) is 1.27. The summed E-state index contributed by atoms with van der Waals surface area (Å²) in [5.74, 6) is 0.431. The van der Waals surface area contributed by atoms with E-state index < -0.39 is 0 Å². The van der Waals surface area contributed by atoms with Crippen molar-refractivity contribution in [3.8, 4) is 0 Å². The minimum Gasteiger partial charge on any atom is -0.346 e. The Balaban J connectivity index is 1.59. The maximum atomic E-state index is 12.5. The first-order chi connectivity index (χ1) is 11.0. The van der Waals surface area contributed by atoms with Crippen LogP contribution in [0.15, 0.2) is 12.3 Å². The number of nitrogens with zero attached hydrogens (tertiary/aromatic N) is 3. The van der Waals surface area contributed by atoms with Gasteiger partial charge in [0.15, 0.2) is 0 Å². The van der Waals surface area contributed by atoms with E-state index in [1.807, 2.05) is 16.9 Å². The largest absolute Gasteiger partial charge is 0.346 e. The Bertz CT molecular complexity index is 535. The van der Waals surface area contributed by atoms with Gasteiger partial charge in [0.1, 0.15) is 5.69 Å². The van der Waals surface area contributed by atoms with Crippen molar-refractivity contribution in [3.63, 3.8) is 0 Å². The number of likely N-dealkylation sites (tertiary alicyclic amines) is 1. The molecule has 128 valence electrons. The minimum absolute atomic E-state index is 0.0463. The second kappa shape index (κ2) is 7.01. The molecule has 0 saturated carbocycles. The van der Waals surface area contributed by atoms with E-state index in [2.05, 4.69) is 41.4 Å². The van der Waals surface area contributed by atoms with Gasteiger partial charge in [-0.1, -0.05) is 6.92 Å². The Morgan fingerprint density at radius 3 is 2.91 bits per heavy atom. The van der Waals surface area contributed by atoms with Crippen molar-refractivity contribution in [2.45, 2.75) is 51.7 Å². The quantitative estimate of drug-likeness (QED) is 0.877. The molecule has 23 heavy (non-hydrogen) atoms. The van der Waals surface area contributed by atoms with E-state index in [4.69, 9.17) is 0 Å². The van der Waals surface area contributed by atoms with Gasteiger partial charge in [-0.15, -0.1) is 0 Å². The fraction of sp³-hybridized carbons (Fsp3) is 0.765. The van der Waals surface area contributed by atoms with Crippen molar-refractivity contribution in [2.24, 2.45) is 5.92 Å². The van der Waals surface area contributed by atoms with Crippen molar-refractivity contribution in [3.05, 3.63) is 18.0 Å². The molecule has 0 spiro atoms. The molecule has 0 aliphatic carbocycles. The fourth-order valence-corrected chi connectivity index (χ4v) is 3.58. The second-order valence-electron chi connectivity index (χ2n) is 7.29. The smallest absolute Gasteiger partial charge is 0.272 e. The predicted molar refractivity (Wildman–Crippen MR) is 90.5 cm³/mol. The van der Waals surface area contributed by atoms with Crippen LogP contribution in [0.25, 0.3) is 0 Å². The zero-order chi connectivity index (χ0) is 16.4. The Morgan fingerprint density at radius 2 is 2.26 bits per heavy atom. The van der Waals surface area contributed by atoms with Crippen LogP contribution in [0.2, 0.25) is 0 Å². The van der Waals surface area contributed by atoms with Gasteiger partial charge < -0.3 is 10.6 Å². The van der Waals surface area contributed by atoms with E-state index in [9.17, 15) is 4.79 Å². The van der Waals surface area contributed by atoms with Crippen LogP contribution in [0.3, 0.4) is 0 Å². The number of hydrogen-bond donors (Lipinski definition) is 2. The molecular weight excluding hydrogens is 290 g/mol. The van der Waals surface area contributed by atoms with Gasteiger partial charge in [0.2, 0.25) is 0 Å². The fourth-order valence-electron chi connectivity index (χ4n) is 3.58. The monoisotopic (exact) mass is 319 g/mol. The van der Waals surface area contributed by atoms with Crippen molar-refractivity contribution in [2.75, 3.05) is 26.2 Å². The number of piperidine rings is 1. The molecule has 6 nitrogen and oxygen atoms in total. The summed E-state index contributed by atoms with van der Waals surface area (Å²) in [5.41, 5.74) is 0.533. The van der Waals surface area contributed by atoms with Crippen molar-refractivity contribution in [1.29, 1.82) is 0 Å². The van der Waals surface area contributed by atoms with Crippen LogP contribution in [0.5, 0.6) is 0 Å². The highest BCUT2D eigenvalue weighted by molar-refractivity contribution is 5.92. The molecule has 2 N–H and O–H groups in total. The zero-order valence-corrected chi connectivity index (χ0v) is 14.5. The Hall–Kier alpha value is -1.40. The molecule has 2 aliphatic rings. The summed E-state index contributed by atoms with van der Waals surface area (Å²) in [7, 11) is 0. The van der Waals surface area contributed by atoms with Crippen molar-refractivity contribution >= 4 is 5.91 Å². The molecule has 2 fully saturated rings. The highest BCUT2D eigenvalue weighted by Crippen LogP contribution is 2.19. The summed E-state index contributed by atoms with van der Waals surface area (Å²) in [6, 6.07) is 2.94. The molecule has 6 heteroatoms. The van der Waals surface area contributed by atoms with Gasteiger partial charge in [-0.25, -0.2) is 0 Å². The highest BCUT2D eigenvalue weighted by Gasteiger charge is 2.32. The first kappa shape index (κ1) is 16.5. The molecule has 3 heterocycles. The number of carbonyl (C=O) groups excluding carboxylic acids is 1. The summed E-state index contributed by atoms with van der Waals surface area (Å²) in [6.45, 7) is 10.6. The maximum absolute atomic E-state index is 12.5. The lowest BCUT2D eigenvalue weighted by Crippen LogP contribution is -2.40. The lowest BCUT2D eigenvalue weighted by molar-refractivity contribution is 0.0924. The van der Waals surface area contributed by atoms with Crippen molar-refractivity contribution in [1.82, 2.24) is 25.3 Å². The molecule has 1 aromatic heterocycles. The average molecular weight is 319 g/mol. The molecule has 3 atom stereocenters. The molecule has 2 saturated heterocycles. The number of rotatable bonds is 4. The molecule has 0 bridgehead atoms. The van der Waals surface area contributed by atoms with E-state index in [1.54, 1.807) is 0 Å². The molecular formula is C17H29N5O. The number of nitrogens with one attached hydrogen (secondary N) is 2. The van der Waals surface area contributed by atoms with E-state index in [0.717, 1.165) is 39.0 Å². The molecule has 3 rings (SSSR count). The number of carbonyl (C=O) groups is 1. The van der Waals surface area contributed by atoms with Crippen LogP contribution in [0.1, 0.15) is 50.1 Å². The first-order valence-corrected chi connectivity index (χ1v) is 8.85. The lowest BCUT2D eigenvalue weighted by Gasteiger charge is -2.23. The summed E-state index contributed by atoms with van der Waals surface area (Å²) in [6.07, 6.45) is 4.22. The van der Waals surface area contributed by atoms with E-state index in [-0.39, 0.29) is 11.9 Å². The third-order valence-electron chi connectivity index (χ3n) is 5.17. The molecule has 0 radical (unpaired) electrons. The van der Waals surface area contributed by atoms with Gasteiger partial charge in [0.25, 0.3) is 5.91 Å². The van der Waals surface area contributed by atoms with Gasteiger partial charge in [-0.05, 0) is 45.2 Å². The summed E-state index contributed by atoms with van der Waals surface area (Å²) < 4.78 is 1.94. The minimum atomic E-state index is -0.0463. The first-order valence-electron chi connectivity index (χ1n) is 8.85. The molecule has 2 aliphatic heterocycles. The number of aromatic nitrogens is 2.